The van der Waals surface area contributed by atoms with Crippen molar-refractivity contribution < 1.29 is 14.0 Å². The molecule has 134 valence electrons. The summed E-state index contributed by atoms with van der Waals surface area (Å²) in [7, 11) is 0. The van der Waals surface area contributed by atoms with Gasteiger partial charge in [-0.2, -0.15) is 5.10 Å². The third-order valence-corrected chi connectivity index (χ3v) is 4.33. The Hall–Kier alpha value is -3.02. The number of hydrogen-bond donors (Lipinski definition) is 2. The monoisotopic (exact) mass is 353 g/mol. The Morgan fingerprint density at radius 3 is 2.58 bits per heavy atom. The molecule has 0 aromatic heterocycles. The predicted molar refractivity (Wildman–Crippen MR) is 98.4 cm³/mol. The summed E-state index contributed by atoms with van der Waals surface area (Å²) in [5, 5.41) is 6.88. The molecule has 2 aromatic carbocycles. The first-order valence-electron chi connectivity index (χ1n) is 8.53. The van der Waals surface area contributed by atoms with Crippen molar-refractivity contribution in [2.45, 2.75) is 32.1 Å². The highest BCUT2D eigenvalue weighted by atomic mass is 19.1. The molecule has 26 heavy (non-hydrogen) atoms. The molecule has 2 N–H and O–H groups in total. The molecule has 1 aliphatic heterocycles. The molecule has 1 heterocycles. The molecular formula is C20H20FN3O2. The lowest BCUT2D eigenvalue weighted by Gasteiger charge is -2.14. The van der Waals surface area contributed by atoms with Crippen LogP contribution in [0.3, 0.4) is 0 Å². The number of anilines is 1. The maximum Gasteiger partial charge on any atom is 0.240 e. The summed E-state index contributed by atoms with van der Waals surface area (Å²) < 4.78 is 13.8. The van der Waals surface area contributed by atoms with Gasteiger partial charge in [0.05, 0.1) is 5.71 Å². The lowest BCUT2D eigenvalue weighted by molar-refractivity contribution is -0.121. The average molecular weight is 353 g/mol. The van der Waals surface area contributed by atoms with Crippen LogP contribution in [0.1, 0.15) is 43.2 Å². The van der Waals surface area contributed by atoms with E-state index in [0.717, 1.165) is 11.3 Å². The molecule has 2 amide bonds. The number of hydrazone groups is 1. The van der Waals surface area contributed by atoms with Crippen LogP contribution in [0.4, 0.5) is 10.1 Å². The SMILES string of the molecule is CC(CC(=O)Nc1ccc(C2=NNC(=O)CC2)cc1)c1ccccc1F. The lowest BCUT2D eigenvalue weighted by atomic mass is 9.97. The number of nitrogens with zero attached hydrogens (tertiary/aromatic N) is 1. The Morgan fingerprint density at radius 2 is 1.92 bits per heavy atom. The lowest BCUT2D eigenvalue weighted by Crippen LogP contribution is -2.25. The Labute approximate surface area is 151 Å². The van der Waals surface area contributed by atoms with Gasteiger partial charge < -0.3 is 5.32 Å². The van der Waals surface area contributed by atoms with Crippen molar-refractivity contribution in [3.05, 3.63) is 65.5 Å². The number of rotatable bonds is 5. The molecule has 0 saturated heterocycles. The van der Waals surface area contributed by atoms with Crippen molar-refractivity contribution in [2.24, 2.45) is 5.10 Å². The standard InChI is InChI=1S/C20H20FN3O2/c1-13(16-4-2-3-5-17(16)21)12-20(26)22-15-8-6-14(7-9-15)18-10-11-19(25)24-23-18/h2-9,13H,10-12H2,1H3,(H,22,26)(H,24,25). The van der Waals surface area contributed by atoms with Gasteiger partial charge in [0.1, 0.15) is 5.82 Å². The molecular weight excluding hydrogens is 333 g/mol. The molecule has 0 fully saturated rings. The number of nitrogens with one attached hydrogen (secondary N) is 2. The molecule has 0 spiro atoms. The summed E-state index contributed by atoms with van der Waals surface area (Å²) in [4.78, 5) is 23.4. The highest BCUT2D eigenvalue weighted by Crippen LogP contribution is 2.22. The Bertz CT molecular complexity index is 846. The van der Waals surface area contributed by atoms with E-state index in [-0.39, 0.29) is 30.0 Å². The van der Waals surface area contributed by atoms with Gasteiger partial charge >= 0.3 is 0 Å². The average Bonchev–Trinajstić information content (AvgIpc) is 2.63. The number of carbonyl (C=O) groups is 2. The minimum absolute atomic E-state index is 0.0818. The third kappa shape index (κ3) is 4.33. The van der Waals surface area contributed by atoms with Crippen molar-refractivity contribution in [3.8, 4) is 0 Å². The van der Waals surface area contributed by atoms with E-state index in [1.165, 1.54) is 6.07 Å². The quantitative estimate of drug-likeness (QED) is 0.863. The van der Waals surface area contributed by atoms with Gasteiger partial charge in [-0.05, 0) is 35.2 Å². The second-order valence-electron chi connectivity index (χ2n) is 6.35. The molecule has 1 aliphatic rings. The van der Waals surface area contributed by atoms with E-state index in [2.05, 4.69) is 15.8 Å². The second-order valence-corrected chi connectivity index (χ2v) is 6.35. The van der Waals surface area contributed by atoms with Gasteiger partial charge in [-0.15, -0.1) is 0 Å². The van der Waals surface area contributed by atoms with Crippen LogP contribution in [0.5, 0.6) is 0 Å². The highest BCUT2D eigenvalue weighted by molar-refractivity contribution is 6.04. The van der Waals surface area contributed by atoms with Crippen LogP contribution in [0.15, 0.2) is 53.6 Å². The summed E-state index contributed by atoms with van der Waals surface area (Å²) in [5.41, 5.74) is 5.39. The predicted octanol–water partition coefficient (Wildman–Crippen LogP) is 3.57. The first-order valence-corrected chi connectivity index (χ1v) is 8.53. The van der Waals surface area contributed by atoms with E-state index in [4.69, 9.17) is 0 Å². The minimum Gasteiger partial charge on any atom is -0.326 e. The van der Waals surface area contributed by atoms with Crippen molar-refractivity contribution in [3.63, 3.8) is 0 Å². The maximum atomic E-state index is 13.8. The molecule has 0 saturated carbocycles. The fourth-order valence-corrected chi connectivity index (χ4v) is 2.90. The number of halogens is 1. The molecule has 1 unspecified atom stereocenters. The zero-order valence-corrected chi connectivity index (χ0v) is 14.5. The van der Waals surface area contributed by atoms with E-state index in [1.54, 1.807) is 30.3 Å². The van der Waals surface area contributed by atoms with E-state index >= 15 is 0 Å². The fraction of sp³-hybridized carbons (Fsp3) is 0.250. The Kier molecular flexibility index (Phi) is 5.41. The first-order chi connectivity index (χ1) is 12.5. The molecule has 0 aliphatic carbocycles. The van der Waals surface area contributed by atoms with E-state index in [1.807, 2.05) is 19.1 Å². The molecule has 2 aromatic rings. The first kappa shape index (κ1) is 17.8. The maximum absolute atomic E-state index is 13.8. The van der Waals surface area contributed by atoms with Gasteiger partial charge in [0.25, 0.3) is 0 Å². The zero-order valence-electron chi connectivity index (χ0n) is 14.5. The number of amides is 2. The number of benzene rings is 2. The molecule has 3 rings (SSSR count). The van der Waals surface area contributed by atoms with Crippen molar-refractivity contribution in [2.75, 3.05) is 5.32 Å². The normalized spacial score (nSPS) is 15.0. The van der Waals surface area contributed by atoms with Gasteiger partial charge in [0.15, 0.2) is 0 Å². The zero-order chi connectivity index (χ0) is 18.5. The van der Waals surface area contributed by atoms with Crippen LogP contribution in [-0.4, -0.2) is 17.5 Å². The molecule has 0 bridgehead atoms. The largest absolute Gasteiger partial charge is 0.326 e. The van der Waals surface area contributed by atoms with E-state index in [9.17, 15) is 14.0 Å². The molecule has 5 nitrogen and oxygen atoms in total. The van der Waals surface area contributed by atoms with Crippen molar-refractivity contribution >= 4 is 23.2 Å². The smallest absolute Gasteiger partial charge is 0.240 e. The Morgan fingerprint density at radius 1 is 1.19 bits per heavy atom. The number of hydrogen-bond acceptors (Lipinski definition) is 3. The van der Waals surface area contributed by atoms with Gasteiger partial charge in [-0.1, -0.05) is 37.3 Å². The number of carbonyl (C=O) groups excluding carboxylic acids is 2. The molecule has 6 heteroatoms. The molecule has 1 atom stereocenters. The van der Waals surface area contributed by atoms with Gasteiger partial charge in [0.2, 0.25) is 11.8 Å². The van der Waals surface area contributed by atoms with Crippen molar-refractivity contribution in [1.82, 2.24) is 5.43 Å². The molecule has 0 radical (unpaired) electrons. The van der Waals surface area contributed by atoms with Crippen LogP contribution >= 0.6 is 0 Å². The summed E-state index contributed by atoms with van der Waals surface area (Å²) in [5.74, 6) is -0.759. The summed E-state index contributed by atoms with van der Waals surface area (Å²) in [6.45, 7) is 1.83. The van der Waals surface area contributed by atoms with Gasteiger partial charge in [-0.3, -0.25) is 9.59 Å². The summed E-state index contributed by atoms with van der Waals surface area (Å²) in [6, 6.07) is 13.8. The van der Waals surface area contributed by atoms with Gasteiger partial charge in [0, 0.05) is 24.9 Å². The highest BCUT2D eigenvalue weighted by Gasteiger charge is 2.16. The fourth-order valence-electron chi connectivity index (χ4n) is 2.90. The van der Waals surface area contributed by atoms with Crippen molar-refractivity contribution in [1.29, 1.82) is 0 Å². The second kappa shape index (κ2) is 7.91. The van der Waals surface area contributed by atoms with Crippen LogP contribution in [0.25, 0.3) is 0 Å². The van der Waals surface area contributed by atoms with E-state index in [0.29, 0.717) is 24.1 Å². The van der Waals surface area contributed by atoms with Crippen LogP contribution in [0, 0.1) is 5.82 Å². The van der Waals surface area contributed by atoms with Gasteiger partial charge in [-0.25, -0.2) is 9.82 Å². The van der Waals surface area contributed by atoms with Crippen LogP contribution in [0.2, 0.25) is 0 Å². The van der Waals surface area contributed by atoms with Crippen LogP contribution < -0.4 is 10.7 Å². The van der Waals surface area contributed by atoms with E-state index < -0.39 is 0 Å². The summed E-state index contributed by atoms with van der Waals surface area (Å²) >= 11 is 0. The third-order valence-electron chi connectivity index (χ3n) is 4.33. The Balaban J connectivity index is 1.59. The minimum atomic E-state index is -0.294. The summed E-state index contributed by atoms with van der Waals surface area (Å²) in [6.07, 6.45) is 1.21. The topological polar surface area (TPSA) is 70.6 Å². The van der Waals surface area contributed by atoms with Crippen LogP contribution in [-0.2, 0) is 9.59 Å².